The second kappa shape index (κ2) is 37.4. The SMILES string of the molecule is C.C.C=CC1C[C@]1(N)C(=O)NS(=O)(=O)C1CC1.C=CC1C[C@]1(NC(=O)[C@@H]1C[C@@H](O)CN1)C(=O)NS(=O)(=O)C1CC1.C=CC1C[C@]1(NC(=O)[C@@H]1C[C@@H](O)CN1C(=O)[C@@H](NC(=O)OC)C(C)(C)C)C(=O)NS(=O)(=O)C1CC1.CC(C)(C)OC(=O)N1C[C@H](O)C[C@H]1C(=O)O.COC(=O)N[C@H](C(=O)O)C(C)(C)C.Cl.Cl. The molecule has 9 amide bonds. The lowest BCUT2D eigenvalue weighted by Crippen LogP contribution is -2.60. The fourth-order valence-corrected chi connectivity index (χ4v) is 15.3. The second-order valence-electron chi connectivity index (χ2n) is 30.0. The van der Waals surface area contributed by atoms with Crippen molar-refractivity contribution in [1.29, 1.82) is 0 Å². The minimum absolute atomic E-state index is 0. The Morgan fingerprint density at radius 2 is 0.925 bits per heavy atom. The summed E-state index contributed by atoms with van der Waals surface area (Å²) < 4.78 is 91.6. The van der Waals surface area contributed by atoms with Crippen LogP contribution in [0.5, 0.6) is 0 Å². The molecule has 9 rings (SSSR count). The second-order valence-corrected chi connectivity index (χ2v) is 35.8. The van der Waals surface area contributed by atoms with Crippen LogP contribution in [-0.2, 0) is 82.6 Å². The number of alkyl carbamates (subject to hydrolysis) is 2. The number of carbonyl (C=O) groups excluding carboxylic acids is 9. The van der Waals surface area contributed by atoms with E-state index in [0.29, 0.717) is 57.9 Å². The molecule has 6 aliphatic carbocycles. The molecule has 3 heterocycles. The number of aliphatic hydroxyl groups excluding tert-OH is 3. The summed E-state index contributed by atoms with van der Waals surface area (Å²) in [6.07, 6.45) is 4.45. The predicted molar refractivity (Wildman–Crippen MR) is 391 cm³/mol. The van der Waals surface area contributed by atoms with E-state index < -0.39 is 199 Å². The number of hydrogen-bond acceptors (Lipinski definition) is 25. The number of halogens is 2. The Morgan fingerprint density at radius 1 is 0.547 bits per heavy atom. The third kappa shape index (κ3) is 25.9. The van der Waals surface area contributed by atoms with Crippen molar-refractivity contribution in [3.63, 3.8) is 0 Å². The Labute approximate surface area is 632 Å². The van der Waals surface area contributed by atoms with Crippen molar-refractivity contribution in [3.05, 3.63) is 38.0 Å². The van der Waals surface area contributed by atoms with Crippen molar-refractivity contribution in [2.24, 2.45) is 34.3 Å². The maximum atomic E-state index is 13.4. The number of aliphatic carboxylic acids is 2. The van der Waals surface area contributed by atoms with E-state index in [4.69, 9.17) is 20.7 Å². The number of nitrogens with zero attached hydrogens (tertiary/aromatic N) is 2. The minimum atomic E-state index is -3.83. The van der Waals surface area contributed by atoms with E-state index in [0.717, 1.165) is 12.0 Å². The molecule has 0 aromatic heterocycles. The number of ether oxygens (including phenoxy) is 3. The Kier molecular flexibility index (Phi) is 34.3. The van der Waals surface area contributed by atoms with Crippen molar-refractivity contribution < 1.29 is 118 Å². The zero-order valence-corrected chi connectivity index (χ0v) is 64.0. The van der Waals surface area contributed by atoms with Gasteiger partial charge in [-0.25, -0.2) is 49.2 Å². The van der Waals surface area contributed by atoms with Crippen molar-refractivity contribution >= 4 is 121 Å². The van der Waals surface area contributed by atoms with Gasteiger partial charge in [-0.1, -0.05) is 74.6 Å². The van der Waals surface area contributed by atoms with E-state index in [2.05, 4.69) is 65.2 Å². The first-order valence-electron chi connectivity index (χ1n) is 33.0. The van der Waals surface area contributed by atoms with Gasteiger partial charge in [-0.2, -0.15) is 0 Å². The molecule has 3 saturated heterocycles. The lowest BCUT2D eigenvalue weighted by atomic mass is 9.85. The third-order valence-electron chi connectivity index (χ3n) is 18.1. The predicted octanol–water partition coefficient (Wildman–Crippen LogP) is 0.664. The normalized spacial score (nSPS) is 27.9. The number of β-amino-alcohol motifs (C(OH)–C–C–N with tert-alkyl or cyclic N) is 3. The number of hydrogen-bond donors (Lipinski definition) is 14. The van der Waals surface area contributed by atoms with Gasteiger partial charge >= 0.3 is 30.2 Å². The number of carboxylic acid groups (broad SMARTS) is 2. The van der Waals surface area contributed by atoms with Crippen molar-refractivity contribution in [1.82, 2.24) is 50.6 Å². The topological polar surface area (TPSA) is 548 Å². The van der Waals surface area contributed by atoms with Crippen molar-refractivity contribution in [2.75, 3.05) is 33.9 Å². The van der Waals surface area contributed by atoms with E-state index in [1.54, 1.807) is 74.5 Å². The molecule has 36 nitrogen and oxygen atoms in total. The third-order valence-corrected chi connectivity index (χ3v) is 23.5. The van der Waals surface area contributed by atoms with Crippen LogP contribution in [-0.4, -0.2) is 247 Å². The number of nitrogens with one attached hydrogen (secondary N) is 8. The summed E-state index contributed by atoms with van der Waals surface area (Å²) in [6.45, 7) is 26.4. The Morgan fingerprint density at radius 3 is 1.25 bits per heavy atom. The van der Waals surface area contributed by atoms with Gasteiger partial charge in [-0.3, -0.25) is 47.8 Å². The molecule has 106 heavy (non-hydrogen) atoms. The molecule has 9 aliphatic rings. The largest absolute Gasteiger partial charge is 0.480 e. The number of methoxy groups -OCH3 is 2. The Bertz CT molecular complexity index is 3600. The average molecular weight is 1610 g/mol. The minimum Gasteiger partial charge on any atom is -0.480 e. The first-order valence-corrected chi connectivity index (χ1v) is 37.7. The average Bonchev–Trinajstić information content (AvgIpc) is 1.66. The molecule has 0 aromatic carbocycles. The number of carbonyl (C=O) groups is 11. The summed E-state index contributed by atoms with van der Waals surface area (Å²) in [4.78, 5) is 134. The Hall–Kier alpha value is -6.98. The number of sulfonamides is 3. The van der Waals surface area contributed by atoms with Crippen LogP contribution in [0.1, 0.15) is 154 Å². The summed E-state index contributed by atoms with van der Waals surface area (Å²) in [5.41, 5.74) is -0.0462. The molecule has 14 atom stereocenters. The molecule has 0 bridgehead atoms. The van der Waals surface area contributed by atoms with Gasteiger partial charge < -0.3 is 77.0 Å². The number of amides is 9. The Balaban J connectivity index is 0.000000692. The zero-order valence-electron chi connectivity index (χ0n) is 60.0. The monoisotopic (exact) mass is 1610 g/mol. The van der Waals surface area contributed by atoms with E-state index >= 15 is 0 Å². The molecule has 3 aliphatic heterocycles. The van der Waals surface area contributed by atoms with Crippen LogP contribution in [0.3, 0.4) is 0 Å². The van der Waals surface area contributed by atoms with E-state index in [9.17, 15) is 93.3 Å². The first-order chi connectivity index (χ1) is 46.8. The molecular formula is C65H111Cl2N11O25S3. The van der Waals surface area contributed by atoms with Crippen molar-refractivity contribution in [3.8, 4) is 0 Å². The highest BCUT2D eigenvalue weighted by Gasteiger charge is 2.63. The lowest BCUT2D eigenvalue weighted by molar-refractivity contribution is -0.143. The molecule has 0 spiro atoms. The van der Waals surface area contributed by atoms with Gasteiger partial charge in [0.15, 0.2) is 0 Å². The highest BCUT2D eigenvalue weighted by atomic mass is 35.5. The molecule has 9 fully saturated rings. The van der Waals surface area contributed by atoms with Crippen LogP contribution in [0.4, 0.5) is 14.4 Å². The maximum absolute atomic E-state index is 13.4. The highest BCUT2D eigenvalue weighted by Crippen LogP contribution is 2.47. The summed E-state index contributed by atoms with van der Waals surface area (Å²) in [6, 6.07) is -4.71. The van der Waals surface area contributed by atoms with E-state index in [-0.39, 0.29) is 90.3 Å². The fraction of sp³-hybridized carbons (Fsp3) is 0.738. The van der Waals surface area contributed by atoms with E-state index in [1.807, 2.05) is 4.72 Å². The molecule has 6 saturated carbocycles. The van der Waals surface area contributed by atoms with Gasteiger partial charge in [-0.15, -0.1) is 44.6 Å². The smallest absolute Gasteiger partial charge is 0.411 e. The number of aliphatic hydroxyl groups is 3. The highest BCUT2D eigenvalue weighted by molar-refractivity contribution is 7.91. The fourth-order valence-electron chi connectivity index (χ4n) is 11.2. The van der Waals surface area contributed by atoms with Crippen LogP contribution in [0.25, 0.3) is 0 Å². The summed E-state index contributed by atoms with van der Waals surface area (Å²) in [7, 11) is -8.62. The van der Waals surface area contributed by atoms with Gasteiger partial charge in [0.2, 0.25) is 47.8 Å². The number of rotatable bonds is 21. The molecule has 3 unspecified atom stereocenters. The van der Waals surface area contributed by atoms with Gasteiger partial charge in [-0.05, 0) is 95.8 Å². The van der Waals surface area contributed by atoms with E-state index in [1.165, 1.54) is 18.1 Å². The molecule has 15 N–H and O–H groups in total. The number of nitrogens with two attached hydrogens (primary N) is 1. The van der Waals surface area contributed by atoms with Crippen LogP contribution >= 0.6 is 24.8 Å². The lowest BCUT2D eigenvalue weighted by Gasteiger charge is -2.35. The summed E-state index contributed by atoms with van der Waals surface area (Å²) in [5.74, 6) is -6.95. The van der Waals surface area contributed by atoms with Gasteiger partial charge in [0, 0.05) is 43.7 Å². The molecule has 0 radical (unpaired) electrons. The van der Waals surface area contributed by atoms with Gasteiger partial charge in [0.25, 0.3) is 17.7 Å². The van der Waals surface area contributed by atoms with Gasteiger partial charge in [0.1, 0.15) is 46.4 Å². The molecule has 41 heteroatoms. The summed E-state index contributed by atoms with van der Waals surface area (Å²) in [5, 5.41) is 58.1. The zero-order chi connectivity index (χ0) is 77.6. The quantitative estimate of drug-likeness (QED) is 0.0554. The standard InChI is InChI=1S/C22H34N4O8S.C14H21N3O5S.C10H17NO5.C9H14N2O3S.C8H15NO4.2CH4.2ClH/c1-6-12-10-22(12,19(30)25-35(32,33)14-7-8-14)24-17(28)15-9-13(27)11-26(15)18(29)16(21(2,3)4)23-20(31)34-5;1-2-8-6-14(8,13(20)17-23(21,22)10-3-4-10)16-12(19)11-5-9(18)7-15-11;1-10(2,3)16-9(15)11-5-6(12)4-7(11)8(13)14;1-2-6-5-9(6,10)8(12)11-15(13,14)7-3-4-7;1-8(2,3)5(6(10)11)9-7(12)13-4;;;;/h6,12-16,27H,1,7-11H2,2-5H3,(H,23,31)(H,24,28)(H,25,30);2,8-11,15,18H,1,3-7H2,(H,16,19)(H,17,20);6-7,12H,4-5H2,1-3H3,(H,13,14);2,6-7H,1,3-5,10H2,(H,11,12);5H,1-4H3,(H,9,12)(H,10,11);2*1H4;2*1H/t12?,13-,15+,16-,22-;8?,9-,11+,14-;6-,7+;6?,9-;5-;;;;/m11111..../s1. The summed E-state index contributed by atoms with van der Waals surface area (Å²) >= 11 is 0. The maximum Gasteiger partial charge on any atom is 0.411 e. The first kappa shape index (κ1) is 97.0. The van der Waals surface area contributed by atoms with Crippen LogP contribution in [0.2, 0.25) is 0 Å². The molecule has 0 aromatic rings. The molecule has 608 valence electrons. The number of carboxylic acids is 2. The number of likely N-dealkylation sites (tertiary alicyclic amines) is 2. The molecular weight excluding hydrogens is 1500 g/mol. The van der Waals surface area contributed by atoms with Crippen molar-refractivity contribution in [2.45, 2.75) is 241 Å². The van der Waals surface area contributed by atoms with Crippen LogP contribution in [0, 0.1) is 28.6 Å². The van der Waals surface area contributed by atoms with Gasteiger partial charge in [0.05, 0.1) is 60.9 Å². The van der Waals surface area contributed by atoms with Crippen LogP contribution in [0.15, 0.2) is 38.0 Å². The van der Waals surface area contributed by atoms with Crippen LogP contribution < -0.4 is 46.5 Å².